The Bertz CT molecular complexity index is 674. The van der Waals surface area contributed by atoms with Crippen molar-refractivity contribution >= 4 is 5.96 Å². The van der Waals surface area contributed by atoms with Gasteiger partial charge >= 0.3 is 0 Å². The number of nitrogens with one attached hydrogen (secondary N) is 2. The van der Waals surface area contributed by atoms with Crippen LogP contribution in [0.25, 0.3) is 0 Å². The molecule has 136 valence electrons. The van der Waals surface area contributed by atoms with Crippen molar-refractivity contribution in [2.45, 2.75) is 38.8 Å². The van der Waals surface area contributed by atoms with Crippen molar-refractivity contribution in [3.8, 4) is 11.5 Å². The molecule has 6 heteroatoms. The standard InChI is InChI=1S/C19H27N3O3/c1-19(2)16(13-7-9-23-17(13)19)22-18(20-3)21-8-6-12-4-5-14-15(10-12)25-11-24-14/h4-5,10,13,16-17H,6-9,11H2,1-3H3,(H2,20,21,22). The number of fused-ring (bicyclic) bond motifs is 2. The maximum atomic E-state index is 5.87. The molecule has 25 heavy (non-hydrogen) atoms. The van der Waals surface area contributed by atoms with Crippen LogP contribution in [0.2, 0.25) is 0 Å². The van der Waals surface area contributed by atoms with E-state index in [1.807, 2.05) is 13.1 Å². The summed E-state index contributed by atoms with van der Waals surface area (Å²) in [5.41, 5.74) is 1.37. The molecule has 0 aromatic heterocycles. The van der Waals surface area contributed by atoms with Crippen molar-refractivity contribution in [2.75, 3.05) is 27.0 Å². The van der Waals surface area contributed by atoms with Crippen molar-refractivity contribution in [3.05, 3.63) is 23.8 Å². The van der Waals surface area contributed by atoms with Crippen molar-refractivity contribution in [1.82, 2.24) is 10.6 Å². The molecule has 0 radical (unpaired) electrons. The minimum absolute atomic E-state index is 0.149. The highest BCUT2D eigenvalue weighted by Crippen LogP contribution is 2.52. The first-order valence-electron chi connectivity index (χ1n) is 9.07. The second-order valence-electron chi connectivity index (χ2n) is 7.62. The summed E-state index contributed by atoms with van der Waals surface area (Å²) in [7, 11) is 1.82. The highest BCUT2D eigenvalue weighted by Gasteiger charge is 2.59. The Morgan fingerprint density at radius 2 is 2.12 bits per heavy atom. The normalized spacial score (nSPS) is 29.1. The molecular weight excluding hydrogens is 318 g/mol. The molecule has 2 aliphatic heterocycles. The van der Waals surface area contributed by atoms with E-state index in [-0.39, 0.29) is 5.41 Å². The molecule has 2 heterocycles. The average Bonchev–Trinajstić information content (AvgIpc) is 3.25. The van der Waals surface area contributed by atoms with Crippen LogP contribution in [0.5, 0.6) is 11.5 Å². The Hall–Kier alpha value is -1.95. The SMILES string of the molecule is CN=C(NCCc1ccc2c(c1)OCO2)NC1C2CCOC2C1(C)C. The fourth-order valence-electron chi connectivity index (χ4n) is 4.38. The maximum absolute atomic E-state index is 5.87. The lowest BCUT2D eigenvalue weighted by Crippen LogP contribution is -2.68. The van der Waals surface area contributed by atoms with E-state index in [9.17, 15) is 0 Å². The van der Waals surface area contributed by atoms with Crippen molar-refractivity contribution in [1.29, 1.82) is 0 Å². The van der Waals surface area contributed by atoms with Gasteiger partial charge in [0.2, 0.25) is 6.79 Å². The number of aliphatic imine (C=N–C) groups is 1. The van der Waals surface area contributed by atoms with E-state index in [4.69, 9.17) is 14.2 Å². The van der Waals surface area contributed by atoms with Gasteiger partial charge in [0.25, 0.3) is 0 Å². The molecule has 3 atom stereocenters. The van der Waals surface area contributed by atoms with Gasteiger partial charge in [0.1, 0.15) is 0 Å². The van der Waals surface area contributed by atoms with Gasteiger partial charge in [-0.15, -0.1) is 0 Å². The molecular formula is C19H27N3O3. The van der Waals surface area contributed by atoms with E-state index >= 15 is 0 Å². The summed E-state index contributed by atoms with van der Waals surface area (Å²) < 4.78 is 16.7. The third-order valence-corrected chi connectivity index (χ3v) is 5.76. The second-order valence-corrected chi connectivity index (χ2v) is 7.62. The largest absolute Gasteiger partial charge is 0.454 e. The van der Waals surface area contributed by atoms with E-state index in [0.717, 1.165) is 43.5 Å². The minimum atomic E-state index is 0.149. The topological polar surface area (TPSA) is 64.1 Å². The van der Waals surface area contributed by atoms with Crippen LogP contribution in [0, 0.1) is 11.3 Å². The van der Waals surface area contributed by atoms with E-state index in [1.165, 1.54) is 5.56 Å². The molecule has 6 nitrogen and oxygen atoms in total. The lowest BCUT2D eigenvalue weighted by atomic mass is 9.57. The first-order chi connectivity index (χ1) is 12.1. The van der Waals surface area contributed by atoms with Crippen LogP contribution in [0.15, 0.2) is 23.2 Å². The van der Waals surface area contributed by atoms with Gasteiger partial charge in [0.15, 0.2) is 17.5 Å². The molecule has 1 aromatic carbocycles. The second kappa shape index (κ2) is 6.41. The van der Waals surface area contributed by atoms with E-state index in [1.54, 1.807) is 0 Å². The van der Waals surface area contributed by atoms with Gasteiger partial charge in [-0.3, -0.25) is 4.99 Å². The van der Waals surface area contributed by atoms with Crippen LogP contribution in [-0.4, -0.2) is 45.1 Å². The molecule has 3 aliphatic rings. The predicted molar refractivity (Wildman–Crippen MR) is 96.2 cm³/mol. The quantitative estimate of drug-likeness (QED) is 0.645. The molecule has 4 rings (SSSR count). The molecule has 0 amide bonds. The Labute approximate surface area is 148 Å². The number of guanidine groups is 1. The number of ether oxygens (including phenoxy) is 3. The first-order valence-corrected chi connectivity index (χ1v) is 9.07. The third-order valence-electron chi connectivity index (χ3n) is 5.76. The highest BCUT2D eigenvalue weighted by atomic mass is 16.7. The van der Waals surface area contributed by atoms with E-state index < -0.39 is 0 Å². The number of hydrogen-bond donors (Lipinski definition) is 2. The van der Waals surface area contributed by atoms with Crippen LogP contribution < -0.4 is 20.1 Å². The summed E-state index contributed by atoms with van der Waals surface area (Å²) >= 11 is 0. The summed E-state index contributed by atoms with van der Waals surface area (Å²) in [6.45, 7) is 6.56. The summed E-state index contributed by atoms with van der Waals surface area (Å²) in [6.07, 6.45) is 2.43. The highest BCUT2D eigenvalue weighted by molar-refractivity contribution is 5.80. The molecule has 1 saturated carbocycles. The Kier molecular flexibility index (Phi) is 4.23. The van der Waals surface area contributed by atoms with Crippen LogP contribution in [0.3, 0.4) is 0 Å². The van der Waals surface area contributed by atoms with Crippen LogP contribution in [0.4, 0.5) is 0 Å². The van der Waals surface area contributed by atoms with Crippen molar-refractivity contribution < 1.29 is 14.2 Å². The van der Waals surface area contributed by atoms with Crippen molar-refractivity contribution in [2.24, 2.45) is 16.3 Å². The van der Waals surface area contributed by atoms with Gasteiger partial charge in [-0.2, -0.15) is 0 Å². The average molecular weight is 345 g/mol. The van der Waals surface area contributed by atoms with Gasteiger partial charge in [-0.1, -0.05) is 19.9 Å². The Morgan fingerprint density at radius 3 is 2.96 bits per heavy atom. The molecule has 0 bridgehead atoms. The zero-order chi connectivity index (χ0) is 17.4. The van der Waals surface area contributed by atoms with Gasteiger partial charge < -0.3 is 24.8 Å². The van der Waals surface area contributed by atoms with Gasteiger partial charge in [-0.25, -0.2) is 0 Å². The molecule has 3 unspecified atom stereocenters. The number of benzene rings is 1. The molecule has 0 spiro atoms. The lowest BCUT2D eigenvalue weighted by molar-refractivity contribution is -0.106. The number of rotatable bonds is 4. The van der Waals surface area contributed by atoms with Gasteiger partial charge in [0.05, 0.1) is 6.10 Å². The van der Waals surface area contributed by atoms with Crippen LogP contribution in [0.1, 0.15) is 25.8 Å². The monoisotopic (exact) mass is 345 g/mol. The van der Waals surface area contributed by atoms with E-state index in [2.05, 4.69) is 41.6 Å². The Balaban J connectivity index is 1.30. The van der Waals surface area contributed by atoms with Crippen molar-refractivity contribution in [3.63, 3.8) is 0 Å². The molecule has 1 aromatic rings. The first kappa shape index (κ1) is 16.5. The van der Waals surface area contributed by atoms with Gasteiger partial charge in [-0.05, 0) is 30.5 Å². The summed E-state index contributed by atoms with van der Waals surface area (Å²) in [4.78, 5) is 4.39. The van der Waals surface area contributed by atoms with Crippen LogP contribution in [-0.2, 0) is 11.2 Å². The fourth-order valence-corrected chi connectivity index (χ4v) is 4.38. The third kappa shape index (κ3) is 2.92. The predicted octanol–water partition coefficient (Wildman–Crippen LogP) is 1.94. The molecule has 1 aliphatic carbocycles. The number of nitrogens with zero attached hydrogens (tertiary/aromatic N) is 1. The van der Waals surface area contributed by atoms with Gasteiger partial charge in [0, 0.05) is 37.6 Å². The fraction of sp³-hybridized carbons (Fsp3) is 0.632. The molecule has 1 saturated heterocycles. The maximum Gasteiger partial charge on any atom is 0.231 e. The van der Waals surface area contributed by atoms with Crippen LogP contribution >= 0.6 is 0 Å². The summed E-state index contributed by atoms with van der Waals surface area (Å²) in [6, 6.07) is 6.52. The zero-order valence-electron chi connectivity index (χ0n) is 15.2. The number of hydrogen-bond acceptors (Lipinski definition) is 4. The molecule has 2 N–H and O–H groups in total. The minimum Gasteiger partial charge on any atom is -0.454 e. The zero-order valence-corrected chi connectivity index (χ0v) is 15.2. The smallest absolute Gasteiger partial charge is 0.231 e. The summed E-state index contributed by atoms with van der Waals surface area (Å²) in [5, 5.41) is 7.04. The molecule has 2 fully saturated rings. The summed E-state index contributed by atoms with van der Waals surface area (Å²) in [5.74, 6) is 3.13. The Morgan fingerprint density at radius 1 is 1.28 bits per heavy atom. The van der Waals surface area contributed by atoms with E-state index in [0.29, 0.717) is 24.9 Å². The lowest BCUT2D eigenvalue weighted by Gasteiger charge is -2.54.